The highest BCUT2D eigenvalue weighted by Crippen LogP contribution is 2.41. The molecule has 1 aromatic heterocycles. The highest BCUT2D eigenvalue weighted by atomic mass is 16.5. The molecule has 7 nitrogen and oxygen atoms in total. The molecule has 1 heterocycles. The monoisotopic (exact) mass is 291 g/mol. The lowest BCUT2D eigenvalue weighted by molar-refractivity contribution is 0.320. The molecule has 112 valence electrons. The van der Waals surface area contributed by atoms with E-state index in [1.165, 1.54) is 6.20 Å². The van der Waals surface area contributed by atoms with E-state index in [-0.39, 0.29) is 0 Å². The molecule has 2 aromatic rings. The number of methoxy groups -OCH3 is 3. The van der Waals surface area contributed by atoms with Gasteiger partial charge in [0.05, 0.1) is 33.7 Å². The van der Waals surface area contributed by atoms with Gasteiger partial charge in [-0.15, -0.1) is 0 Å². The number of anilines is 1. The first-order valence-electron chi connectivity index (χ1n) is 6.19. The second-order valence-electron chi connectivity index (χ2n) is 3.96. The van der Waals surface area contributed by atoms with Crippen molar-refractivity contribution in [3.05, 3.63) is 24.5 Å². The van der Waals surface area contributed by atoms with Crippen LogP contribution in [0, 0.1) is 0 Å². The van der Waals surface area contributed by atoms with Crippen LogP contribution in [0.3, 0.4) is 0 Å². The highest BCUT2D eigenvalue weighted by molar-refractivity contribution is 5.56. The van der Waals surface area contributed by atoms with Crippen molar-refractivity contribution in [2.24, 2.45) is 0 Å². The second-order valence-corrected chi connectivity index (χ2v) is 3.96. The quantitative estimate of drug-likeness (QED) is 0.875. The van der Waals surface area contributed by atoms with Gasteiger partial charge in [-0.2, -0.15) is 4.98 Å². The fourth-order valence-corrected chi connectivity index (χ4v) is 1.75. The van der Waals surface area contributed by atoms with Gasteiger partial charge >= 0.3 is 0 Å². The third-order valence-corrected chi connectivity index (χ3v) is 2.73. The summed E-state index contributed by atoms with van der Waals surface area (Å²) < 4.78 is 21.5. The molecule has 0 saturated heterocycles. The van der Waals surface area contributed by atoms with E-state index in [4.69, 9.17) is 18.9 Å². The average molecular weight is 291 g/mol. The van der Waals surface area contributed by atoms with Gasteiger partial charge in [0.1, 0.15) is 11.6 Å². The predicted molar refractivity (Wildman–Crippen MR) is 77.8 cm³/mol. The molecule has 0 unspecified atom stereocenters. The summed E-state index contributed by atoms with van der Waals surface area (Å²) in [6, 6.07) is 3.38. The number of nitrogens with one attached hydrogen (secondary N) is 1. The Morgan fingerprint density at radius 3 is 2.14 bits per heavy atom. The number of nitrogens with zero attached hydrogens (tertiary/aromatic N) is 2. The van der Waals surface area contributed by atoms with Crippen LogP contribution in [-0.4, -0.2) is 38.3 Å². The zero-order valence-corrected chi connectivity index (χ0v) is 12.3. The van der Waals surface area contributed by atoms with Crippen LogP contribution in [0.4, 0.5) is 5.82 Å². The van der Waals surface area contributed by atoms with Gasteiger partial charge in [0.2, 0.25) is 11.6 Å². The van der Waals surface area contributed by atoms with Gasteiger partial charge < -0.3 is 24.3 Å². The number of rotatable bonds is 6. The molecule has 0 aliphatic carbocycles. The van der Waals surface area contributed by atoms with Crippen molar-refractivity contribution in [2.45, 2.75) is 0 Å². The summed E-state index contributed by atoms with van der Waals surface area (Å²) in [7, 11) is 6.39. The van der Waals surface area contributed by atoms with E-state index in [1.807, 2.05) is 0 Å². The lowest BCUT2D eigenvalue weighted by Crippen LogP contribution is -1.98. The average Bonchev–Trinajstić information content (AvgIpc) is 2.53. The molecule has 0 aliphatic rings. The van der Waals surface area contributed by atoms with Crippen LogP contribution < -0.4 is 24.3 Å². The van der Waals surface area contributed by atoms with E-state index >= 15 is 0 Å². The SMILES string of the molecule is CNc1cncc(Oc2cc(OC)c(OC)c(OC)c2)n1. The van der Waals surface area contributed by atoms with Crippen LogP contribution in [0.5, 0.6) is 28.9 Å². The van der Waals surface area contributed by atoms with Crippen molar-refractivity contribution in [2.75, 3.05) is 33.7 Å². The molecule has 1 N–H and O–H groups in total. The molecular weight excluding hydrogens is 274 g/mol. The Balaban J connectivity index is 2.35. The number of aromatic nitrogens is 2. The van der Waals surface area contributed by atoms with Gasteiger partial charge in [-0.3, -0.25) is 4.98 Å². The maximum absolute atomic E-state index is 5.68. The number of benzene rings is 1. The lowest BCUT2D eigenvalue weighted by Gasteiger charge is -2.14. The topological polar surface area (TPSA) is 74.7 Å². The summed E-state index contributed by atoms with van der Waals surface area (Å²) in [5, 5.41) is 2.89. The molecule has 0 fully saturated rings. The minimum atomic E-state index is 0.358. The first kappa shape index (κ1) is 14.7. The van der Waals surface area contributed by atoms with Gasteiger partial charge in [-0.1, -0.05) is 0 Å². The van der Waals surface area contributed by atoms with E-state index in [9.17, 15) is 0 Å². The first-order valence-corrected chi connectivity index (χ1v) is 6.19. The standard InChI is InChI=1S/C14H17N3O4/c1-15-12-7-16-8-13(17-12)21-9-5-10(18-2)14(20-4)11(6-9)19-3/h5-8H,1-4H3,(H,15,17). The Bertz CT molecular complexity index is 594. The van der Waals surface area contributed by atoms with Crippen LogP contribution in [0.25, 0.3) is 0 Å². The molecule has 0 aliphatic heterocycles. The predicted octanol–water partition coefficient (Wildman–Crippen LogP) is 2.34. The molecule has 0 amide bonds. The van der Waals surface area contributed by atoms with Gasteiger partial charge in [-0.05, 0) is 0 Å². The molecule has 1 aromatic carbocycles. The summed E-state index contributed by atoms with van der Waals surface area (Å²) in [4.78, 5) is 8.26. The van der Waals surface area contributed by atoms with Gasteiger partial charge in [0, 0.05) is 19.2 Å². The second kappa shape index (κ2) is 6.65. The number of ether oxygens (including phenoxy) is 4. The molecule has 0 radical (unpaired) electrons. The zero-order chi connectivity index (χ0) is 15.2. The highest BCUT2D eigenvalue weighted by Gasteiger charge is 2.14. The molecule has 21 heavy (non-hydrogen) atoms. The molecule has 0 atom stereocenters. The van der Waals surface area contributed by atoms with Gasteiger partial charge in [-0.25, -0.2) is 0 Å². The minimum absolute atomic E-state index is 0.358. The molecule has 0 bridgehead atoms. The zero-order valence-electron chi connectivity index (χ0n) is 12.3. The van der Waals surface area contributed by atoms with Crippen LogP contribution in [0.2, 0.25) is 0 Å². The van der Waals surface area contributed by atoms with Crippen molar-refractivity contribution >= 4 is 5.82 Å². The fourth-order valence-electron chi connectivity index (χ4n) is 1.75. The summed E-state index contributed by atoms with van der Waals surface area (Å²) in [6.07, 6.45) is 3.12. The number of hydrogen-bond acceptors (Lipinski definition) is 7. The van der Waals surface area contributed by atoms with Crippen molar-refractivity contribution in [3.8, 4) is 28.9 Å². The number of hydrogen-bond donors (Lipinski definition) is 1. The van der Waals surface area contributed by atoms with Crippen LogP contribution in [0.1, 0.15) is 0 Å². The molecule has 0 saturated carbocycles. The lowest BCUT2D eigenvalue weighted by atomic mass is 10.2. The Morgan fingerprint density at radius 2 is 1.62 bits per heavy atom. The smallest absolute Gasteiger partial charge is 0.239 e. The summed E-state index contributed by atoms with van der Waals surface area (Å²) in [5.41, 5.74) is 0. The van der Waals surface area contributed by atoms with Crippen molar-refractivity contribution in [1.29, 1.82) is 0 Å². The Hall–Kier alpha value is -2.70. The Labute approximate surface area is 122 Å². The van der Waals surface area contributed by atoms with Crippen molar-refractivity contribution < 1.29 is 18.9 Å². The molecule has 7 heteroatoms. The summed E-state index contributed by atoms with van der Waals surface area (Å²) >= 11 is 0. The fraction of sp³-hybridized carbons (Fsp3) is 0.286. The largest absolute Gasteiger partial charge is 0.493 e. The third-order valence-electron chi connectivity index (χ3n) is 2.73. The Morgan fingerprint density at radius 1 is 0.952 bits per heavy atom. The first-order chi connectivity index (χ1) is 10.2. The normalized spacial score (nSPS) is 9.90. The van der Waals surface area contributed by atoms with Crippen LogP contribution >= 0.6 is 0 Å². The third kappa shape index (κ3) is 3.25. The molecular formula is C14H17N3O4. The maximum Gasteiger partial charge on any atom is 0.239 e. The van der Waals surface area contributed by atoms with Gasteiger partial charge in [0.25, 0.3) is 0 Å². The molecule has 0 spiro atoms. The Kier molecular flexibility index (Phi) is 4.65. The van der Waals surface area contributed by atoms with E-state index in [0.717, 1.165) is 0 Å². The summed E-state index contributed by atoms with van der Waals surface area (Å²) in [6.45, 7) is 0. The summed E-state index contributed by atoms with van der Waals surface area (Å²) in [5.74, 6) is 2.99. The van der Waals surface area contributed by atoms with E-state index in [1.54, 1.807) is 46.7 Å². The minimum Gasteiger partial charge on any atom is -0.493 e. The molecule has 2 rings (SSSR count). The van der Waals surface area contributed by atoms with E-state index < -0.39 is 0 Å². The van der Waals surface area contributed by atoms with Crippen molar-refractivity contribution in [3.63, 3.8) is 0 Å². The van der Waals surface area contributed by atoms with E-state index in [0.29, 0.717) is 34.7 Å². The maximum atomic E-state index is 5.68. The van der Waals surface area contributed by atoms with Crippen LogP contribution in [-0.2, 0) is 0 Å². The van der Waals surface area contributed by atoms with E-state index in [2.05, 4.69) is 15.3 Å². The van der Waals surface area contributed by atoms with Crippen molar-refractivity contribution in [1.82, 2.24) is 9.97 Å². The van der Waals surface area contributed by atoms with Gasteiger partial charge in [0.15, 0.2) is 11.5 Å². The van der Waals surface area contributed by atoms with Crippen LogP contribution in [0.15, 0.2) is 24.5 Å².